The van der Waals surface area contributed by atoms with Gasteiger partial charge in [0.25, 0.3) is 0 Å². The molecule has 0 radical (unpaired) electrons. The summed E-state index contributed by atoms with van der Waals surface area (Å²) in [5.41, 5.74) is 13.1. The quantitative estimate of drug-likeness (QED) is 0.159. The van der Waals surface area contributed by atoms with E-state index in [1.54, 1.807) is 30.3 Å². The fourth-order valence-corrected chi connectivity index (χ4v) is 3.55. The maximum atomic E-state index is 11.9. The van der Waals surface area contributed by atoms with Crippen LogP contribution in [0, 0.1) is 5.41 Å². The lowest BCUT2D eigenvalue weighted by atomic mass is 9.96. The Morgan fingerprint density at radius 1 is 1.03 bits per heavy atom. The van der Waals surface area contributed by atoms with Gasteiger partial charge in [-0.15, -0.1) is 0 Å². The molecule has 4 rings (SSSR count). The van der Waals surface area contributed by atoms with E-state index in [1.807, 2.05) is 0 Å². The summed E-state index contributed by atoms with van der Waals surface area (Å²) in [6, 6.07) is 11.5. The van der Waals surface area contributed by atoms with Crippen LogP contribution in [0.25, 0.3) is 33.5 Å². The van der Waals surface area contributed by atoms with Gasteiger partial charge < -0.3 is 37.1 Å². The normalized spacial score (nSPS) is 10.8. The van der Waals surface area contributed by atoms with Gasteiger partial charge in [0, 0.05) is 17.7 Å². The molecule has 0 aliphatic rings. The molecule has 10 N–H and O–H groups in total. The van der Waals surface area contributed by atoms with E-state index in [0.29, 0.717) is 27.7 Å². The van der Waals surface area contributed by atoms with E-state index in [1.165, 1.54) is 18.2 Å². The monoisotopic (exact) mass is 460 g/mol. The number of hydrogen-bond acceptors (Lipinski definition) is 6. The number of urea groups is 1. The highest BCUT2D eigenvalue weighted by molar-refractivity contribution is 5.99. The zero-order valence-electron chi connectivity index (χ0n) is 17.6. The number of carboxylic acid groups (broad SMARTS) is 1. The summed E-state index contributed by atoms with van der Waals surface area (Å²) in [7, 11) is 0. The first-order valence-electron chi connectivity index (χ1n) is 9.94. The minimum Gasteiger partial charge on any atom is -0.507 e. The number of amidine groups is 1. The molecule has 2 amide bonds. The number of carboxylic acids is 1. The molecule has 0 bridgehead atoms. The zero-order chi connectivity index (χ0) is 24.6. The molecule has 0 fully saturated rings. The summed E-state index contributed by atoms with van der Waals surface area (Å²) in [6.45, 7) is 0.0986. The van der Waals surface area contributed by atoms with Crippen LogP contribution in [-0.2, 0) is 6.54 Å². The predicted molar refractivity (Wildman–Crippen MR) is 125 cm³/mol. The Hall–Kier alpha value is -5.06. The first-order chi connectivity index (χ1) is 16.1. The predicted octanol–water partition coefficient (Wildman–Crippen LogP) is 2.46. The Kier molecular flexibility index (Phi) is 5.51. The molecule has 0 spiro atoms. The standard InChI is InChI=1S/C23H20N6O5/c24-20(25)11-2-3-16-17(8-11)29-21(28-16)14-6-12(7-15(19(14)31)22(32)33)13-5-10(1-4-18(13)30)9-27-23(26)34/h1-8,30-31H,9H2,(H3,24,25)(H,28,29)(H,32,33)(H3,26,27,34). The summed E-state index contributed by atoms with van der Waals surface area (Å²) in [6.07, 6.45) is 0. The van der Waals surface area contributed by atoms with Gasteiger partial charge in [-0.25, -0.2) is 14.6 Å². The van der Waals surface area contributed by atoms with Crippen molar-refractivity contribution in [1.82, 2.24) is 15.3 Å². The number of nitrogens with one attached hydrogen (secondary N) is 3. The van der Waals surface area contributed by atoms with Crippen LogP contribution in [-0.4, -0.2) is 43.1 Å². The number of aromatic carboxylic acids is 1. The van der Waals surface area contributed by atoms with Crippen molar-refractivity contribution in [3.8, 4) is 34.0 Å². The van der Waals surface area contributed by atoms with E-state index in [4.69, 9.17) is 16.9 Å². The number of phenols is 2. The van der Waals surface area contributed by atoms with E-state index in [-0.39, 0.29) is 35.1 Å². The number of fused-ring (bicyclic) bond motifs is 1. The van der Waals surface area contributed by atoms with Crippen molar-refractivity contribution in [2.45, 2.75) is 6.54 Å². The zero-order valence-corrected chi connectivity index (χ0v) is 17.6. The molecule has 4 aromatic rings. The third kappa shape index (κ3) is 4.17. The highest BCUT2D eigenvalue weighted by Gasteiger charge is 2.21. The minimum absolute atomic E-state index is 0.0931. The molecule has 34 heavy (non-hydrogen) atoms. The average Bonchev–Trinajstić information content (AvgIpc) is 3.21. The first-order valence-corrected chi connectivity index (χ1v) is 9.94. The van der Waals surface area contributed by atoms with Gasteiger partial charge in [-0.2, -0.15) is 0 Å². The van der Waals surface area contributed by atoms with Crippen molar-refractivity contribution in [2.24, 2.45) is 11.5 Å². The molecule has 0 saturated heterocycles. The number of nitrogens with zero attached hydrogens (tertiary/aromatic N) is 1. The number of phenolic OH excluding ortho intramolecular Hbond substituents is 1. The number of H-pyrrole nitrogens is 1. The molecule has 1 heterocycles. The second-order valence-electron chi connectivity index (χ2n) is 7.53. The van der Waals surface area contributed by atoms with E-state index in [9.17, 15) is 24.9 Å². The number of carbonyl (C=O) groups excluding carboxylic acids is 1. The topological polar surface area (TPSA) is 211 Å². The summed E-state index contributed by atoms with van der Waals surface area (Å²) in [5, 5.41) is 40.8. The largest absolute Gasteiger partial charge is 0.507 e. The van der Waals surface area contributed by atoms with E-state index < -0.39 is 23.3 Å². The molecule has 11 heteroatoms. The van der Waals surface area contributed by atoms with Crippen molar-refractivity contribution < 1.29 is 24.9 Å². The van der Waals surface area contributed by atoms with Gasteiger partial charge in [0.2, 0.25) is 0 Å². The van der Waals surface area contributed by atoms with Gasteiger partial charge in [0.05, 0.1) is 16.6 Å². The molecule has 11 nitrogen and oxygen atoms in total. The summed E-state index contributed by atoms with van der Waals surface area (Å²) in [4.78, 5) is 30.3. The van der Waals surface area contributed by atoms with Gasteiger partial charge in [-0.3, -0.25) is 5.41 Å². The second-order valence-corrected chi connectivity index (χ2v) is 7.53. The average molecular weight is 460 g/mol. The van der Waals surface area contributed by atoms with Crippen molar-refractivity contribution in [2.75, 3.05) is 0 Å². The number of rotatable bonds is 6. The third-order valence-corrected chi connectivity index (χ3v) is 5.23. The lowest BCUT2D eigenvalue weighted by molar-refractivity contribution is 0.0694. The lowest BCUT2D eigenvalue weighted by Crippen LogP contribution is -2.28. The van der Waals surface area contributed by atoms with Crippen LogP contribution < -0.4 is 16.8 Å². The van der Waals surface area contributed by atoms with Crippen molar-refractivity contribution >= 4 is 28.9 Å². The Morgan fingerprint density at radius 3 is 2.47 bits per heavy atom. The number of amides is 2. The number of nitrogens with two attached hydrogens (primary N) is 2. The van der Waals surface area contributed by atoms with Gasteiger partial charge >= 0.3 is 12.0 Å². The summed E-state index contributed by atoms with van der Waals surface area (Å²) in [5.74, 6) is -1.96. The van der Waals surface area contributed by atoms with Gasteiger partial charge in [0.1, 0.15) is 28.7 Å². The van der Waals surface area contributed by atoms with Crippen LogP contribution in [0.4, 0.5) is 4.79 Å². The third-order valence-electron chi connectivity index (χ3n) is 5.23. The molecule has 0 atom stereocenters. The maximum Gasteiger partial charge on any atom is 0.339 e. The fraction of sp³-hybridized carbons (Fsp3) is 0.0435. The van der Waals surface area contributed by atoms with Crippen molar-refractivity contribution in [1.29, 1.82) is 5.41 Å². The summed E-state index contributed by atoms with van der Waals surface area (Å²) >= 11 is 0. The molecule has 3 aromatic carbocycles. The SMILES string of the molecule is N=C(N)c1ccc2nc(-c3cc(-c4cc(CNC(N)=O)ccc4O)cc(C(=O)O)c3O)[nH]c2c1. The van der Waals surface area contributed by atoms with Crippen LogP contribution in [0.1, 0.15) is 21.5 Å². The number of imidazole rings is 1. The molecule has 0 aliphatic heterocycles. The number of primary amides is 1. The molecule has 172 valence electrons. The Morgan fingerprint density at radius 2 is 1.79 bits per heavy atom. The maximum absolute atomic E-state index is 11.9. The Bertz CT molecular complexity index is 1480. The molecule has 1 aromatic heterocycles. The van der Waals surface area contributed by atoms with Gasteiger partial charge in [-0.05, 0) is 53.6 Å². The van der Waals surface area contributed by atoms with Crippen molar-refractivity contribution in [3.05, 3.63) is 65.2 Å². The molecule has 0 aliphatic carbocycles. The number of aromatic nitrogens is 2. The van der Waals surface area contributed by atoms with Crippen LogP contribution >= 0.6 is 0 Å². The Labute approximate surface area is 192 Å². The number of hydrogen-bond donors (Lipinski definition) is 8. The highest BCUT2D eigenvalue weighted by Crippen LogP contribution is 2.39. The number of benzene rings is 3. The van der Waals surface area contributed by atoms with Crippen LogP contribution in [0.2, 0.25) is 0 Å². The number of aromatic amines is 1. The first kappa shape index (κ1) is 22.1. The number of nitrogen functional groups attached to an aromatic ring is 1. The molecule has 0 unspecified atom stereocenters. The van der Waals surface area contributed by atoms with Crippen LogP contribution in [0.15, 0.2) is 48.5 Å². The fourth-order valence-electron chi connectivity index (χ4n) is 3.55. The van der Waals surface area contributed by atoms with Crippen LogP contribution in [0.3, 0.4) is 0 Å². The molecule has 0 saturated carbocycles. The lowest BCUT2D eigenvalue weighted by Gasteiger charge is -2.12. The Balaban J connectivity index is 1.88. The van der Waals surface area contributed by atoms with Crippen molar-refractivity contribution in [3.63, 3.8) is 0 Å². The molecular formula is C23H20N6O5. The molecular weight excluding hydrogens is 440 g/mol. The van der Waals surface area contributed by atoms with Gasteiger partial charge in [-0.1, -0.05) is 6.07 Å². The number of aromatic hydroxyl groups is 2. The van der Waals surface area contributed by atoms with Crippen LogP contribution in [0.5, 0.6) is 11.5 Å². The second kappa shape index (κ2) is 8.47. The van der Waals surface area contributed by atoms with E-state index >= 15 is 0 Å². The summed E-state index contributed by atoms with van der Waals surface area (Å²) < 4.78 is 0. The minimum atomic E-state index is -1.37. The smallest absolute Gasteiger partial charge is 0.339 e. The van der Waals surface area contributed by atoms with E-state index in [2.05, 4.69) is 15.3 Å². The van der Waals surface area contributed by atoms with Gasteiger partial charge in [0.15, 0.2) is 0 Å². The van der Waals surface area contributed by atoms with E-state index in [0.717, 1.165) is 0 Å². The number of carbonyl (C=O) groups is 2. The highest BCUT2D eigenvalue weighted by atomic mass is 16.4.